The summed E-state index contributed by atoms with van der Waals surface area (Å²) in [6, 6.07) is 6.28. The summed E-state index contributed by atoms with van der Waals surface area (Å²) in [4.78, 5) is 7.12. The standard InChI is InChI=1S/C11H9FN2S/c1-7-6-8(12)2-3-9(7)11-13-5-4-10(15)14-11/h2-6H,1H3,(H,13,14,15). The van der Waals surface area contributed by atoms with Crippen LogP contribution in [0.25, 0.3) is 11.4 Å². The Morgan fingerprint density at radius 2 is 2.13 bits per heavy atom. The van der Waals surface area contributed by atoms with Gasteiger partial charge in [-0.1, -0.05) is 12.2 Å². The molecule has 0 radical (unpaired) electrons. The minimum atomic E-state index is -0.245. The number of halogens is 1. The third-order valence-corrected chi connectivity index (χ3v) is 2.35. The molecular formula is C11H9FN2S. The van der Waals surface area contributed by atoms with E-state index in [0.29, 0.717) is 10.5 Å². The lowest BCUT2D eigenvalue weighted by Crippen LogP contribution is -1.91. The van der Waals surface area contributed by atoms with Gasteiger partial charge < -0.3 is 4.98 Å². The Morgan fingerprint density at radius 1 is 1.33 bits per heavy atom. The number of rotatable bonds is 1. The molecule has 76 valence electrons. The van der Waals surface area contributed by atoms with E-state index in [0.717, 1.165) is 11.1 Å². The number of H-pyrrole nitrogens is 1. The van der Waals surface area contributed by atoms with Crippen molar-refractivity contribution >= 4 is 12.2 Å². The number of aromatic amines is 1. The maximum absolute atomic E-state index is 12.9. The van der Waals surface area contributed by atoms with E-state index in [4.69, 9.17) is 12.2 Å². The molecule has 0 fully saturated rings. The molecule has 2 aromatic rings. The van der Waals surface area contributed by atoms with Crippen molar-refractivity contribution in [3.63, 3.8) is 0 Å². The highest BCUT2D eigenvalue weighted by molar-refractivity contribution is 7.71. The summed E-state index contributed by atoms with van der Waals surface area (Å²) in [6.45, 7) is 1.84. The molecule has 0 spiro atoms. The summed E-state index contributed by atoms with van der Waals surface area (Å²) in [7, 11) is 0. The van der Waals surface area contributed by atoms with E-state index in [2.05, 4.69) is 9.97 Å². The lowest BCUT2D eigenvalue weighted by Gasteiger charge is -2.04. The third kappa shape index (κ3) is 2.10. The SMILES string of the molecule is Cc1cc(F)ccc1-c1nccc(=S)[nH]1. The summed E-state index contributed by atoms with van der Waals surface area (Å²) in [5, 5.41) is 0. The van der Waals surface area contributed by atoms with Crippen LogP contribution in [0.15, 0.2) is 30.5 Å². The van der Waals surface area contributed by atoms with Crippen LogP contribution < -0.4 is 0 Å². The van der Waals surface area contributed by atoms with Crippen molar-refractivity contribution < 1.29 is 4.39 Å². The maximum atomic E-state index is 12.9. The number of hydrogen-bond acceptors (Lipinski definition) is 2. The van der Waals surface area contributed by atoms with Gasteiger partial charge in [-0.25, -0.2) is 9.37 Å². The normalized spacial score (nSPS) is 10.3. The van der Waals surface area contributed by atoms with Crippen LogP contribution in [0.1, 0.15) is 5.56 Å². The van der Waals surface area contributed by atoms with E-state index in [-0.39, 0.29) is 5.82 Å². The third-order valence-electron chi connectivity index (χ3n) is 2.11. The average molecular weight is 220 g/mol. The van der Waals surface area contributed by atoms with Crippen LogP contribution >= 0.6 is 12.2 Å². The Hall–Kier alpha value is -1.55. The Bertz CT molecular complexity index is 548. The molecule has 0 aliphatic carbocycles. The molecule has 0 amide bonds. The highest BCUT2D eigenvalue weighted by Gasteiger charge is 2.03. The van der Waals surface area contributed by atoms with Crippen LogP contribution in [0, 0.1) is 17.4 Å². The summed E-state index contributed by atoms with van der Waals surface area (Å²) in [5.74, 6) is 0.422. The molecule has 0 aliphatic rings. The molecule has 2 nitrogen and oxygen atoms in total. The Morgan fingerprint density at radius 3 is 2.80 bits per heavy atom. The molecule has 15 heavy (non-hydrogen) atoms. The largest absolute Gasteiger partial charge is 0.331 e. The molecule has 1 aromatic carbocycles. The molecule has 0 unspecified atom stereocenters. The van der Waals surface area contributed by atoms with E-state index in [1.807, 2.05) is 6.92 Å². The molecule has 1 heterocycles. The van der Waals surface area contributed by atoms with Crippen LogP contribution in [0.2, 0.25) is 0 Å². The summed E-state index contributed by atoms with van der Waals surface area (Å²) in [6.07, 6.45) is 1.64. The number of nitrogens with one attached hydrogen (secondary N) is 1. The fraction of sp³-hybridized carbons (Fsp3) is 0.0909. The van der Waals surface area contributed by atoms with Crippen molar-refractivity contribution in [1.29, 1.82) is 0 Å². The molecule has 0 saturated heterocycles. The zero-order valence-electron chi connectivity index (χ0n) is 8.12. The van der Waals surface area contributed by atoms with Gasteiger partial charge in [0.1, 0.15) is 16.3 Å². The first kappa shape index (κ1) is 9.98. The second-order valence-electron chi connectivity index (χ2n) is 3.24. The van der Waals surface area contributed by atoms with Gasteiger partial charge in [0, 0.05) is 11.8 Å². The Labute approximate surface area is 91.8 Å². The Kier molecular flexibility index (Phi) is 2.60. The van der Waals surface area contributed by atoms with Crippen molar-refractivity contribution in [3.8, 4) is 11.4 Å². The highest BCUT2D eigenvalue weighted by atomic mass is 32.1. The van der Waals surface area contributed by atoms with Crippen molar-refractivity contribution in [3.05, 3.63) is 46.5 Å². The van der Waals surface area contributed by atoms with Crippen molar-refractivity contribution in [2.45, 2.75) is 6.92 Å². The fourth-order valence-electron chi connectivity index (χ4n) is 1.40. The molecule has 1 N–H and O–H groups in total. The lowest BCUT2D eigenvalue weighted by molar-refractivity contribution is 0.627. The molecule has 0 saturated carbocycles. The number of hydrogen-bond donors (Lipinski definition) is 1. The molecular weight excluding hydrogens is 211 g/mol. The van der Waals surface area contributed by atoms with Crippen LogP contribution in [0.5, 0.6) is 0 Å². The predicted molar refractivity (Wildman–Crippen MR) is 59.6 cm³/mol. The molecule has 1 aromatic heterocycles. The van der Waals surface area contributed by atoms with Gasteiger partial charge in [-0.15, -0.1) is 0 Å². The lowest BCUT2D eigenvalue weighted by atomic mass is 10.1. The van der Waals surface area contributed by atoms with E-state index >= 15 is 0 Å². The second-order valence-corrected chi connectivity index (χ2v) is 3.68. The second kappa shape index (κ2) is 3.90. The van der Waals surface area contributed by atoms with Crippen molar-refractivity contribution in [2.24, 2.45) is 0 Å². The van der Waals surface area contributed by atoms with Crippen molar-refractivity contribution in [2.75, 3.05) is 0 Å². The number of aryl methyl sites for hydroxylation is 1. The van der Waals surface area contributed by atoms with Gasteiger partial charge in [-0.05, 0) is 36.8 Å². The molecule has 0 atom stereocenters. The molecule has 2 rings (SSSR count). The number of aromatic nitrogens is 2. The predicted octanol–water partition coefficient (Wildman–Crippen LogP) is 3.25. The quantitative estimate of drug-likeness (QED) is 0.747. The van der Waals surface area contributed by atoms with Crippen LogP contribution in [-0.2, 0) is 0 Å². The first-order valence-electron chi connectivity index (χ1n) is 4.48. The van der Waals surface area contributed by atoms with Crippen molar-refractivity contribution in [1.82, 2.24) is 9.97 Å². The first-order chi connectivity index (χ1) is 7.16. The monoisotopic (exact) mass is 220 g/mol. The maximum Gasteiger partial charge on any atom is 0.138 e. The number of nitrogens with zero attached hydrogens (tertiary/aromatic N) is 1. The summed E-state index contributed by atoms with van der Waals surface area (Å²) in [5.41, 5.74) is 1.70. The van der Waals surface area contributed by atoms with Gasteiger partial charge in [0.05, 0.1) is 0 Å². The van der Waals surface area contributed by atoms with Gasteiger partial charge in [0.15, 0.2) is 0 Å². The Balaban J connectivity index is 2.59. The summed E-state index contributed by atoms with van der Waals surface area (Å²) < 4.78 is 13.5. The van der Waals surface area contributed by atoms with E-state index in [1.54, 1.807) is 18.3 Å². The van der Waals surface area contributed by atoms with Gasteiger partial charge in [0.2, 0.25) is 0 Å². The van der Waals surface area contributed by atoms with Crippen LogP contribution in [0.4, 0.5) is 4.39 Å². The van der Waals surface area contributed by atoms with Gasteiger partial charge in [-0.2, -0.15) is 0 Å². The van der Waals surface area contributed by atoms with Gasteiger partial charge in [-0.3, -0.25) is 0 Å². The average Bonchev–Trinajstić information content (AvgIpc) is 2.17. The topological polar surface area (TPSA) is 28.7 Å². The van der Waals surface area contributed by atoms with Gasteiger partial charge in [0.25, 0.3) is 0 Å². The van der Waals surface area contributed by atoms with E-state index in [9.17, 15) is 4.39 Å². The highest BCUT2D eigenvalue weighted by Crippen LogP contribution is 2.19. The fourth-order valence-corrected chi connectivity index (χ4v) is 1.56. The van der Waals surface area contributed by atoms with Crippen LogP contribution in [-0.4, -0.2) is 9.97 Å². The zero-order chi connectivity index (χ0) is 10.8. The van der Waals surface area contributed by atoms with E-state index < -0.39 is 0 Å². The van der Waals surface area contributed by atoms with Gasteiger partial charge >= 0.3 is 0 Å². The smallest absolute Gasteiger partial charge is 0.138 e. The molecule has 0 aliphatic heterocycles. The minimum absolute atomic E-state index is 0.245. The first-order valence-corrected chi connectivity index (χ1v) is 4.89. The summed E-state index contributed by atoms with van der Waals surface area (Å²) >= 11 is 5.00. The molecule has 0 bridgehead atoms. The number of benzene rings is 1. The minimum Gasteiger partial charge on any atom is -0.331 e. The van der Waals surface area contributed by atoms with Crippen LogP contribution in [0.3, 0.4) is 0 Å². The zero-order valence-corrected chi connectivity index (χ0v) is 8.94. The molecule has 4 heteroatoms. The van der Waals surface area contributed by atoms with E-state index in [1.165, 1.54) is 12.1 Å².